The van der Waals surface area contributed by atoms with E-state index in [0.717, 1.165) is 55.0 Å². The second kappa shape index (κ2) is 7.30. The fourth-order valence-electron chi connectivity index (χ4n) is 3.97. The molecule has 4 heterocycles. The van der Waals surface area contributed by atoms with Gasteiger partial charge in [0, 0.05) is 32.3 Å². The second-order valence-corrected chi connectivity index (χ2v) is 7.49. The maximum atomic E-state index is 6.29. The zero-order valence-electron chi connectivity index (χ0n) is 14.7. The maximum absolute atomic E-state index is 6.29. The van der Waals surface area contributed by atoms with Crippen molar-refractivity contribution in [2.24, 2.45) is 7.05 Å². The van der Waals surface area contributed by atoms with Crippen LogP contribution in [0, 0.1) is 0 Å². The molecule has 0 aromatic carbocycles. The number of halogens is 1. The summed E-state index contributed by atoms with van der Waals surface area (Å²) in [5, 5.41) is 9.72. The van der Waals surface area contributed by atoms with Crippen LogP contribution in [0.4, 0.5) is 5.82 Å². The summed E-state index contributed by atoms with van der Waals surface area (Å²) in [5.41, 5.74) is 0. The van der Waals surface area contributed by atoms with Crippen molar-refractivity contribution >= 4 is 17.4 Å². The Morgan fingerprint density at radius 3 is 2.60 bits per heavy atom. The molecular formula is C18H25ClN6. The van der Waals surface area contributed by atoms with E-state index >= 15 is 0 Å². The number of nitrogens with zero attached hydrogens (tertiary/aromatic N) is 6. The average Bonchev–Trinajstić information content (AvgIpc) is 3.27. The molecule has 6 nitrogen and oxygen atoms in total. The normalized spacial score (nSPS) is 19.7. The molecule has 4 rings (SSSR count). The lowest BCUT2D eigenvalue weighted by Gasteiger charge is -2.32. The number of piperidine rings is 1. The number of rotatable bonds is 4. The molecule has 0 N–H and O–H groups in total. The summed E-state index contributed by atoms with van der Waals surface area (Å²) < 4.78 is 2.21. The molecule has 2 saturated heterocycles. The van der Waals surface area contributed by atoms with Gasteiger partial charge in [0.15, 0.2) is 0 Å². The number of hydrogen-bond donors (Lipinski definition) is 0. The third-order valence-corrected chi connectivity index (χ3v) is 5.76. The molecule has 7 heteroatoms. The molecule has 2 aliphatic rings. The van der Waals surface area contributed by atoms with E-state index in [0.29, 0.717) is 5.92 Å². The van der Waals surface area contributed by atoms with Crippen LogP contribution in [-0.2, 0) is 13.6 Å². The van der Waals surface area contributed by atoms with Gasteiger partial charge in [0.2, 0.25) is 0 Å². The van der Waals surface area contributed by atoms with Gasteiger partial charge in [-0.2, -0.15) is 0 Å². The first kappa shape index (κ1) is 16.8. The molecule has 2 fully saturated rings. The molecule has 0 bridgehead atoms. The van der Waals surface area contributed by atoms with Gasteiger partial charge in [0.1, 0.15) is 17.5 Å². The van der Waals surface area contributed by atoms with Gasteiger partial charge >= 0.3 is 0 Å². The van der Waals surface area contributed by atoms with E-state index in [-0.39, 0.29) is 0 Å². The third kappa shape index (κ3) is 3.51. The van der Waals surface area contributed by atoms with Crippen LogP contribution in [0.1, 0.15) is 43.3 Å². The zero-order valence-corrected chi connectivity index (χ0v) is 15.5. The quantitative estimate of drug-likeness (QED) is 0.839. The smallest absolute Gasteiger partial charge is 0.147 e. The lowest BCUT2D eigenvalue weighted by atomic mass is 9.96. The van der Waals surface area contributed by atoms with E-state index in [4.69, 9.17) is 11.6 Å². The highest BCUT2D eigenvalue weighted by molar-refractivity contribution is 6.32. The minimum absolute atomic E-state index is 0.462. The summed E-state index contributed by atoms with van der Waals surface area (Å²) in [6.07, 6.45) is 6.53. The van der Waals surface area contributed by atoms with Crippen LogP contribution in [0.3, 0.4) is 0 Å². The van der Waals surface area contributed by atoms with Gasteiger partial charge in [-0.15, -0.1) is 10.2 Å². The molecule has 134 valence electrons. The lowest BCUT2D eigenvalue weighted by molar-refractivity contribution is 0.317. The van der Waals surface area contributed by atoms with Crippen molar-refractivity contribution < 1.29 is 0 Å². The summed E-state index contributed by atoms with van der Waals surface area (Å²) >= 11 is 6.29. The van der Waals surface area contributed by atoms with Gasteiger partial charge in [0.25, 0.3) is 0 Å². The van der Waals surface area contributed by atoms with E-state index in [2.05, 4.69) is 36.6 Å². The van der Waals surface area contributed by atoms with E-state index in [9.17, 15) is 0 Å². The van der Waals surface area contributed by atoms with E-state index in [1.165, 1.54) is 25.9 Å². The van der Waals surface area contributed by atoms with Gasteiger partial charge in [-0.25, -0.2) is 4.98 Å². The molecule has 0 spiro atoms. The molecule has 0 aliphatic carbocycles. The average molecular weight is 361 g/mol. The standard InChI is InChI=1S/C18H25ClN6/c1-23-16(13-24-9-2-3-10-24)21-22-17(23)14-6-11-25(12-7-14)18-15(19)5-4-8-20-18/h4-5,8,14H,2-3,6-7,9-13H2,1H3. The summed E-state index contributed by atoms with van der Waals surface area (Å²) in [4.78, 5) is 9.18. The maximum Gasteiger partial charge on any atom is 0.147 e. The largest absolute Gasteiger partial charge is 0.355 e. The molecular weight excluding hydrogens is 336 g/mol. The Labute approximate surface area is 153 Å². The van der Waals surface area contributed by atoms with Crippen molar-refractivity contribution in [3.63, 3.8) is 0 Å². The van der Waals surface area contributed by atoms with Crippen molar-refractivity contribution in [2.75, 3.05) is 31.1 Å². The predicted octanol–water partition coefficient (Wildman–Crippen LogP) is 2.84. The first-order chi connectivity index (χ1) is 12.2. The van der Waals surface area contributed by atoms with E-state index in [1.54, 1.807) is 6.20 Å². The minimum atomic E-state index is 0.462. The molecule has 0 saturated carbocycles. The highest BCUT2D eigenvalue weighted by Gasteiger charge is 2.27. The SMILES string of the molecule is Cn1c(CN2CCCC2)nnc1C1CCN(c2ncccc2Cl)CC1. The Morgan fingerprint density at radius 1 is 1.12 bits per heavy atom. The predicted molar refractivity (Wildman–Crippen MR) is 98.9 cm³/mol. The number of aromatic nitrogens is 4. The van der Waals surface area contributed by atoms with Crippen LogP contribution in [0.5, 0.6) is 0 Å². The fraction of sp³-hybridized carbons (Fsp3) is 0.611. The van der Waals surface area contributed by atoms with Crippen LogP contribution in [0.15, 0.2) is 18.3 Å². The van der Waals surface area contributed by atoms with Crippen molar-refractivity contribution in [3.05, 3.63) is 35.0 Å². The first-order valence-corrected chi connectivity index (χ1v) is 9.56. The van der Waals surface area contributed by atoms with Crippen LogP contribution in [0.25, 0.3) is 0 Å². The molecule has 2 aromatic heterocycles. The molecule has 0 radical (unpaired) electrons. The Morgan fingerprint density at radius 2 is 1.88 bits per heavy atom. The zero-order chi connectivity index (χ0) is 17.2. The summed E-state index contributed by atoms with van der Waals surface area (Å²) in [7, 11) is 2.11. The van der Waals surface area contributed by atoms with Crippen molar-refractivity contribution in [2.45, 2.75) is 38.1 Å². The van der Waals surface area contributed by atoms with Crippen LogP contribution in [0.2, 0.25) is 5.02 Å². The van der Waals surface area contributed by atoms with Crippen LogP contribution in [-0.4, -0.2) is 50.8 Å². The summed E-state index contributed by atoms with van der Waals surface area (Å²) in [6, 6.07) is 3.78. The van der Waals surface area contributed by atoms with E-state index in [1.807, 2.05) is 12.1 Å². The molecule has 0 atom stereocenters. The first-order valence-electron chi connectivity index (χ1n) is 9.18. The third-order valence-electron chi connectivity index (χ3n) is 5.46. The fourth-order valence-corrected chi connectivity index (χ4v) is 4.21. The topological polar surface area (TPSA) is 50.1 Å². The van der Waals surface area contributed by atoms with Gasteiger partial charge in [-0.3, -0.25) is 4.90 Å². The number of anilines is 1. The minimum Gasteiger partial charge on any atom is -0.355 e. The Bertz CT molecular complexity index is 716. The molecule has 2 aliphatic heterocycles. The van der Waals surface area contributed by atoms with E-state index < -0.39 is 0 Å². The Kier molecular flexibility index (Phi) is 4.90. The van der Waals surface area contributed by atoms with Crippen molar-refractivity contribution in [3.8, 4) is 0 Å². The monoisotopic (exact) mass is 360 g/mol. The Hall–Kier alpha value is -1.66. The Balaban J connectivity index is 1.41. The molecule has 0 unspecified atom stereocenters. The van der Waals surface area contributed by atoms with Crippen molar-refractivity contribution in [1.82, 2.24) is 24.6 Å². The molecule has 0 amide bonds. The van der Waals surface area contributed by atoms with Crippen LogP contribution < -0.4 is 4.90 Å². The van der Waals surface area contributed by atoms with Gasteiger partial charge in [-0.05, 0) is 50.9 Å². The van der Waals surface area contributed by atoms with Gasteiger partial charge in [-0.1, -0.05) is 11.6 Å². The summed E-state index contributed by atoms with van der Waals surface area (Å²) in [6.45, 7) is 5.20. The summed E-state index contributed by atoms with van der Waals surface area (Å²) in [5.74, 6) is 3.58. The number of pyridine rings is 1. The molecule has 25 heavy (non-hydrogen) atoms. The lowest BCUT2D eigenvalue weighted by Crippen LogP contribution is -2.34. The number of hydrogen-bond acceptors (Lipinski definition) is 5. The van der Waals surface area contributed by atoms with Crippen LogP contribution >= 0.6 is 11.6 Å². The molecule has 2 aromatic rings. The van der Waals surface area contributed by atoms with Gasteiger partial charge in [0.05, 0.1) is 11.6 Å². The highest BCUT2D eigenvalue weighted by Crippen LogP contribution is 2.31. The van der Waals surface area contributed by atoms with Crippen molar-refractivity contribution in [1.29, 1.82) is 0 Å². The second-order valence-electron chi connectivity index (χ2n) is 7.09. The highest BCUT2D eigenvalue weighted by atomic mass is 35.5. The van der Waals surface area contributed by atoms with Gasteiger partial charge < -0.3 is 9.47 Å². The number of likely N-dealkylation sites (tertiary alicyclic amines) is 1.